The lowest BCUT2D eigenvalue weighted by Crippen LogP contribution is -2.47. The van der Waals surface area contributed by atoms with Crippen LogP contribution in [-0.4, -0.2) is 49.5 Å². The van der Waals surface area contributed by atoms with Crippen LogP contribution in [0, 0.1) is 19.8 Å². The van der Waals surface area contributed by atoms with Crippen LogP contribution in [0.15, 0.2) is 9.42 Å². The maximum absolute atomic E-state index is 12.8. The minimum atomic E-state index is -3.64. The summed E-state index contributed by atoms with van der Waals surface area (Å²) in [6.45, 7) is 6.36. The van der Waals surface area contributed by atoms with Crippen molar-refractivity contribution in [2.75, 3.05) is 19.6 Å². The Morgan fingerprint density at radius 1 is 1.38 bits per heavy atom. The number of sulfonamides is 1. The zero-order chi connectivity index (χ0) is 19.3. The largest absolute Gasteiger partial charge is 0.360 e. The third-order valence-electron chi connectivity index (χ3n) is 4.93. The average Bonchev–Trinajstić information content (AvgIpc) is 2.97. The van der Waals surface area contributed by atoms with Crippen molar-refractivity contribution in [2.24, 2.45) is 11.7 Å². The van der Waals surface area contributed by atoms with Crippen LogP contribution in [0.4, 0.5) is 0 Å². The molecule has 1 aliphatic rings. The molecule has 9 heteroatoms. The first-order chi connectivity index (χ1) is 12.3. The molecule has 1 fully saturated rings. The van der Waals surface area contributed by atoms with Crippen molar-refractivity contribution in [3.63, 3.8) is 0 Å². The number of carbonyl (C=O) groups is 1. The third kappa shape index (κ3) is 4.63. The molecule has 1 atom stereocenters. The van der Waals surface area contributed by atoms with Crippen LogP contribution in [0.25, 0.3) is 0 Å². The quantitative estimate of drug-likeness (QED) is 0.696. The summed E-state index contributed by atoms with van der Waals surface area (Å²) >= 11 is 0. The van der Waals surface area contributed by atoms with E-state index in [0.717, 1.165) is 19.3 Å². The Labute approximate surface area is 155 Å². The van der Waals surface area contributed by atoms with Crippen LogP contribution >= 0.6 is 0 Å². The van der Waals surface area contributed by atoms with Gasteiger partial charge in [0.2, 0.25) is 15.9 Å². The first-order valence-corrected chi connectivity index (χ1v) is 10.7. The summed E-state index contributed by atoms with van der Waals surface area (Å²) in [7, 11) is -3.64. The monoisotopic (exact) mass is 386 g/mol. The molecule has 1 unspecified atom stereocenters. The predicted molar refractivity (Wildman–Crippen MR) is 98.0 cm³/mol. The number of hydrogen-bond donors (Lipinski definition) is 2. The van der Waals surface area contributed by atoms with Gasteiger partial charge >= 0.3 is 0 Å². The highest BCUT2D eigenvalue weighted by atomic mass is 32.2. The molecule has 1 aromatic rings. The summed E-state index contributed by atoms with van der Waals surface area (Å²) in [4.78, 5) is 12.6. The van der Waals surface area contributed by atoms with Crippen LogP contribution in [-0.2, 0) is 14.8 Å². The summed E-state index contributed by atoms with van der Waals surface area (Å²) in [5.41, 5.74) is 6.10. The van der Waals surface area contributed by atoms with E-state index in [2.05, 4.69) is 17.4 Å². The first kappa shape index (κ1) is 20.9. The lowest BCUT2D eigenvalue weighted by molar-refractivity contribution is -0.126. The van der Waals surface area contributed by atoms with Gasteiger partial charge in [-0.15, -0.1) is 0 Å². The zero-order valence-corrected chi connectivity index (χ0v) is 16.6. The number of nitrogens with zero attached hydrogens (tertiary/aromatic N) is 2. The van der Waals surface area contributed by atoms with Gasteiger partial charge in [-0.3, -0.25) is 4.79 Å². The van der Waals surface area contributed by atoms with Gasteiger partial charge in [0.05, 0.1) is 0 Å². The molecule has 2 rings (SSSR count). The van der Waals surface area contributed by atoms with Crippen LogP contribution in [0.5, 0.6) is 0 Å². The Bertz CT molecular complexity index is 689. The second-order valence-corrected chi connectivity index (χ2v) is 8.79. The van der Waals surface area contributed by atoms with E-state index < -0.39 is 10.0 Å². The van der Waals surface area contributed by atoms with E-state index in [9.17, 15) is 13.2 Å². The summed E-state index contributed by atoms with van der Waals surface area (Å²) in [5, 5.41) is 6.74. The van der Waals surface area contributed by atoms with Crippen molar-refractivity contribution in [1.82, 2.24) is 14.8 Å². The third-order valence-corrected chi connectivity index (χ3v) is 7.07. The number of nitrogens with two attached hydrogens (primary N) is 1. The molecule has 0 radical (unpaired) electrons. The lowest BCUT2D eigenvalue weighted by Gasteiger charge is -2.31. The van der Waals surface area contributed by atoms with Crippen molar-refractivity contribution in [3.05, 3.63) is 11.5 Å². The van der Waals surface area contributed by atoms with Crippen molar-refractivity contribution in [1.29, 1.82) is 0 Å². The Balaban J connectivity index is 1.95. The predicted octanol–water partition coefficient (Wildman–Crippen LogP) is 1.33. The summed E-state index contributed by atoms with van der Waals surface area (Å²) in [6, 6.07) is -0.00786. The molecule has 0 bridgehead atoms. The number of amides is 1. The van der Waals surface area contributed by atoms with Crippen molar-refractivity contribution in [2.45, 2.75) is 63.8 Å². The molecule has 0 aliphatic carbocycles. The molecule has 8 nitrogen and oxygen atoms in total. The molecular formula is C17H30N4O4S. The minimum Gasteiger partial charge on any atom is -0.360 e. The maximum atomic E-state index is 12.8. The van der Waals surface area contributed by atoms with E-state index in [0.29, 0.717) is 43.9 Å². The highest BCUT2D eigenvalue weighted by Gasteiger charge is 2.35. The van der Waals surface area contributed by atoms with Crippen LogP contribution in [0.3, 0.4) is 0 Å². The second kappa shape index (κ2) is 8.96. The maximum Gasteiger partial charge on any atom is 0.248 e. The van der Waals surface area contributed by atoms with Crippen LogP contribution in [0.2, 0.25) is 0 Å². The van der Waals surface area contributed by atoms with E-state index in [-0.39, 0.29) is 22.8 Å². The standard InChI is InChI=1S/C17H30N4O4S/c1-4-5-6-15(11-18)19-17(22)14-7-9-21(10-8-14)26(23,24)16-12(2)20-25-13(16)3/h14-15H,4-11,18H2,1-3H3,(H,19,22). The Hall–Kier alpha value is -1.45. The van der Waals surface area contributed by atoms with Crippen LogP contribution < -0.4 is 11.1 Å². The molecule has 148 valence electrons. The Morgan fingerprint density at radius 3 is 2.54 bits per heavy atom. The van der Waals surface area contributed by atoms with Gasteiger partial charge in [0.1, 0.15) is 10.6 Å². The number of aromatic nitrogens is 1. The number of rotatable bonds is 8. The lowest BCUT2D eigenvalue weighted by atomic mass is 9.96. The Morgan fingerprint density at radius 2 is 2.04 bits per heavy atom. The van der Waals surface area contributed by atoms with Crippen LogP contribution in [0.1, 0.15) is 50.5 Å². The Kier molecular flexibility index (Phi) is 7.19. The highest BCUT2D eigenvalue weighted by molar-refractivity contribution is 7.89. The molecule has 26 heavy (non-hydrogen) atoms. The van der Waals surface area contributed by atoms with E-state index >= 15 is 0 Å². The summed E-state index contributed by atoms with van der Waals surface area (Å²) in [6.07, 6.45) is 3.96. The number of hydrogen-bond acceptors (Lipinski definition) is 6. The molecule has 1 amide bonds. The summed E-state index contributed by atoms with van der Waals surface area (Å²) < 4.78 is 32.0. The molecule has 0 aromatic carbocycles. The van der Waals surface area contributed by atoms with Crippen molar-refractivity contribution in [3.8, 4) is 0 Å². The van der Waals surface area contributed by atoms with Gasteiger partial charge in [-0.2, -0.15) is 4.31 Å². The number of unbranched alkanes of at least 4 members (excludes halogenated alkanes) is 1. The fraction of sp³-hybridized carbons (Fsp3) is 0.765. The topological polar surface area (TPSA) is 119 Å². The van der Waals surface area contributed by atoms with Gasteiger partial charge in [0.25, 0.3) is 0 Å². The first-order valence-electron chi connectivity index (χ1n) is 9.24. The smallest absolute Gasteiger partial charge is 0.248 e. The minimum absolute atomic E-state index is 0.00786. The van der Waals surface area contributed by atoms with E-state index in [1.54, 1.807) is 13.8 Å². The SMILES string of the molecule is CCCCC(CN)NC(=O)C1CCN(S(=O)(=O)c2c(C)noc2C)CC1. The van der Waals surface area contributed by atoms with Crippen molar-refractivity contribution >= 4 is 15.9 Å². The highest BCUT2D eigenvalue weighted by Crippen LogP contribution is 2.27. The number of nitrogens with one attached hydrogen (secondary N) is 1. The second-order valence-electron chi connectivity index (χ2n) is 6.92. The fourth-order valence-corrected chi connectivity index (χ4v) is 5.11. The molecule has 2 heterocycles. The van der Waals surface area contributed by atoms with E-state index in [1.807, 2.05) is 0 Å². The van der Waals surface area contributed by atoms with E-state index in [4.69, 9.17) is 10.3 Å². The fourth-order valence-electron chi connectivity index (χ4n) is 3.35. The van der Waals surface area contributed by atoms with Gasteiger partial charge in [-0.25, -0.2) is 8.42 Å². The molecule has 0 spiro atoms. The molecule has 1 saturated heterocycles. The van der Waals surface area contributed by atoms with Gasteiger partial charge in [0, 0.05) is 31.6 Å². The number of aryl methyl sites for hydroxylation is 2. The molecule has 3 N–H and O–H groups in total. The van der Waals surface area contributed by atoms with Gasteiger partial charge in [-0.1, -0.05) is 24.9 Å². The molecule has 1 aliphatic heterocycles. The van der Waals surface area contributed by atoms with E-state index in [1.165, 1.54) is 4.31 Å². The molecule has 0 saturated carbocycles. The number of carbonyl (C=O) groups excluding carboxylic acids is 1. The summed E-state index contributed by atoms with van der Waals surface area (Å²) in [5.74, 6) is 0.0943. The molecule has 1 aromatic heterocycles. The zero-order valence-electron chi connectivity index (χ0n) is 15.8. The number of piperidine rings is 1. The van der Waals surface area contributed by atoms with Gasteiger partial charge in [0.15, 0.2) is 5.76 Å². The van der Waals surface area contributed by atoms with Crippen molar-refractivity contribution < 1.29 is 17.7 Å². The van der Waals surface area contributed by atoms with Gasteiger partial charge < -0.3 is 15.6 Å². The van der Waals surface area contributed by atoms with Gasteiger partial charge in [-0.05, 0) is 33.1 Å². The average molecular weight is 387 g/mol. The molecular weight excluding hydrogens is 356 g/mol. The normalized spacial score (nSPS) is 18.0.